The van der Waals surface area contributed by atoms with E-state index in [0.29, 0.717) is 12.3 Å². The number of cyclic esters (lactones) is 1. The van der Waals surface area contributed by atoms with Crippen molar-refractivity contribution in [2.75, 3.05) is 12.4 Å². The first-order valence-electron chi connectivity index (χ1n) is 9.49. The van der Waals surface area contributed by atoms with Crippen molar-refractivity contribution in [1.29, 1.82) is 0 Å². The Morgan fingerprint density at radius 1 is 1.27 bits per heavy atom. The summed E-state index contributed by atoms with van der Waals surface area (Å²) < 4.78 is 17.4. The summed E-state index contributed by atoms with van der Waals surface area (Å²) in [5.41, 5.74) is 3.61. The molecule has 1 N–H and O–H groups in total. The number of carbonyl (C=O) groups excluding carboxylic acids is 2. The zero-order valence-electron chi connectivity index (χ0n) is 16.9. The molecule has 1 aliphatic rings. The molecule has 0 bridgehead atoms. The lowest BCUT2D eigenvalue weighted by Crippen LogP contribution is -2.26. The van der Waals surface area contributed by atoms with E-state index in [4.69, 9.17) is 14.2 Å². The number of pyridine rings is 1. The van der Waals surface area contributed by atoms with E-state index in [2.05, 4.69) is 15.4 Å². The summed E-state index contributed by atoms with van der Waals surface area (Å²) in [6.07, 6.45) is 0.723. The minimum atomic E-state index is -1.03. The quantitative estimate of drug-likeness (QED) is 0.623. The normalized spacial score (nSPS) is 17.8. The topological polar surface area (TPSA) is 104 Å². The van der Waals surface area contributed by atoms with Crippen LogP contribution in [-0.4, -0.2) is 45.5 Å². The third-order valence-electron chi connectivity index (χ3n) is 4.62. The maximum Gasteiger partial charge on any atom is 0.338 e. The Balaban J connectivity index is 1.51. The van der Waals surface area contributed by atoms with E-state index in [1.165, 1.54) is 0 Å². The van der Waals surface area contributed by atoms with Crippen LogP contribution in [0.25, 0.3) is 16.8 Å². The first-order chi connectivity index (χ1) is 14.3. The average Bonchev–Trinajstić information content (AvgIpc) is 3.20. The summed E-state index contributed by atoms with van der Waals surface area (Å²) in [5, 5.41) is 6.93. The summed E-state index contributed by atoms with van der Waals surface area (Å²) in [6, 6.07) is 11.7. The molecule has 0 spiro atoms. The number of anilines is 1. The summed E-state index contributed by atoms with van der Waals surface area (Å²) in [5.74, 6) is -1.87. The lowest BCUT2D eigenvalue weighted by Gasteiger charge is -2.14. The highest BCUT2D eigenvalue weighted by Gasteiger charge is 2.42. The second-order valence-electron chi connectivity index (χ2n) is 7.43. The predicted molar refractivity (Wildman–Crippen MR) is 107 cm³/mol. The van der Waals surface area contributed by atoms with E-state index < -0.39 is 23.8 Å². The standard InChI is InChI=1S/C21H22N4O5/c1-21(2)29-16(19(27)30-21)10-18(26)23-20-22-17-9-8-13(11-25(17)24-20)15-7-5-4-6-14(15)12-28-3/h4-9,11,16H,10,12H2,1-3H3,(H,23,24,26)/t16-/m0/s1. The molecule has 3 aromatic rings. The smallest absolute Gasteiger partial charge is 0.338 e. The zero-order chi connectivity index (χ0) is 21.3. The number of fused-ring (bicyclic) bond motifs is 1. The third-order valence-corrected chi connectivity index (χ3v) is 4.62. The van der Waals surface area contributed by atoms with Gasteiger partial charge in [0.15, 0.2) is 11.8 Å². The van der Waals surface area contributed by atoms with Gasteiger partial charge in [-0.1, -0.05) is 24.3 Å². The van der Waals surface area contributed by atoms with Gasteiger partial charge in [-0.25, -0.2) is 9.31 Å². The van der Waals surface area contributed by atoms with Gasteiger partial charge in [-0.2, -0.15) is 4.98 Å². The maximum atomic E-state index is 12.3. The maximum absolute atomic E-state index is 12.3. The van der Waals surface area contributed by atoms with Crippen LogP contribution >= 0.6 is 0 Å². The molecule has 1 aliphatic heterocycles. The van der Waals surface area contributed by atoms with Gasteiger partial charge in [0.2, 0.25) is 17.6 Å². The van der Waals surface area contributed by atoms with Crippen LogP contribution in [0.15, 0.2) is 42.6 Å². The van der Waals surface area contributed by atoms with Crippen molar-refractivity contribution in [2.24, 2.45) is 0 Å². The van der Waals surface area contributed by atoms with Crippen molar-refractivity contribution in [2.45, 2.75) is 38.8 Å². The lowest BCUT2D eigenvalue weighted by molar-refractivity contribution is -0.160. The van der Waals surface area contributed by atoms with Crippen molar-refractivity contribution in [3.05, 3.63) is 48.2 Å². The second kappa shape index (κ2) is 7.85. The molecule has 4 rings (SSSR count). The van der Waals surface area contributed by atoms with Crippen LogP contribution in [-0.2, 0) is 30.4 Å². The fourth-order valence-electron chi connectivity index (χ4n) is 3.37. The third kappa shape index (κ3) is 4.17. The van der Waals surface area contributed by atoms with E-state index in [1.807, 2.05) is 42.6 Å². The van der Waals surface area contributed by atoms with Crippen molar-refractivity contribution in [3.8, 4) is 11.1 Å². The van der Waals surface area contributed by atoms with Crippen molar-refractivity contribution >= 4 is 23.5 Å². The minimum absolute atomic E-state index is 0.146. The highest BCUT2D eigenvalue weighted by molar-refractivity contribution is 5.93. The number of hydrogen-bond acceptors (Lipinski definition) is 7. The Labute approximate surface area is 173 Å². The van der Waals surface area contributed by atoms with Crippen LogP contribution in [0.5, 0.6) is 0 Å². The van der Waals surface area contributed by atoms with Crippen LogP contribution in [0.2, 0.25) is 0 Å². The van der Waals surface area contributed by atoms with Crippen LogP contribution < -0.4 is 5.32 Å². The van der Waals surface area contributed by atoms with Gasteiger partial charge < -0.3 is 14.2 Å². The lowest BCUT2D eigenvalue weighted by atomic mass is 10.0. The molecular formula is C21H22N4O5. The fraction of sp³-hybridized carbons (Fsp3) is 0.333. The molecule has 1 amide bonds. The van der Waals surface area contributed by atoms with E-state index in [1.54, 1.807) is 25.5 Å². The van der Waals surface area contributed by atoms with E-state index in [0.717, 1.165) is 16.7 Å². The van der Waals surface area contributed by atoms with Gasteiger partial charge in [0.25, 0.3) is 0 Å². The highest BCUT2D eigenvalue weighted by Crippen LogP contribution is 2.26. The van der Waals surface area contributed by atoms with E-state index in [-0.39, 0.29) is 12.4 Å². The molecule has 0 saturated carbocycles. The van der Waals surface area contributed by atoms with Crippen LogP contribution in [0.4, 0.5) is 5.95 Å². The molecule has 0 aliphatic carbocycles. The molecule has 3 heterocycles. The Kier molecular flexibility index (Phi) is 5.23. The number of nitrogens with zero attached hydrogens (tertiary/aromatic N) is 3. The van der Waals surface area contributed by atoms with Gasteiger partial charge in [-0.3, -0.25) is 10.1 Å². The second-order valence-corrected chi connectivity index (χ2v) is 7.43. The highest BCUT2D eigenvalue weighted by atomic mass is 16.8. The number of esters is 1. The number of hydrogen-bond donors (Lipinski definition) is 1. The summed E-state index contributed by atoms with van der Waals surface area (Å²) in [6.45, 7) is 3.74. The number of carbonyl (C=O) groups is 2. The first-order valence-corrected chi connectivity index (χ1v) is 9.49. The first kappa shape index (κ1) is 20.0. The average molecular weight is 410 g/mol. The zero-order valence-corrected chi connectivity index (χ0v) is 16.9. The Morgan fingerprint density at radius 3 is 2.80 bits per heavy atom. The molecule has 0 unspecified atom stereocenters. The minimum Gasteiger partial charge on any atom is -0.432 e. The molecule has 1 saturated heterocycles. The van der Waals surface area contributed by atoms with Crippen LogP contribution in [0.3, 0.4) is 0 Å². The van der Waals surface area contributed by atoms with Crippen LogP contribution in [0, 0.1) is 0 Å². The Hall–Kier alpha value is -3.30. The summed E-state index contributed by atoms with van der Waals surface area (Å²) in [7, 11) is 1.66. The molecule has 9 heteroatoms. The summed E-state index contributed by atoms with van der Waals surface area (Å²) in [4.78, 5) is 28.4. The van der Waals surface area contributed by atoms with Crippen molar-refractivity contribution in [1.82, 2.24) is 14.6 Å². The molecular weight excluding hydrogens is 388 g/mol. The number of amides is 1. The number of nitrogens with one attached hydrogen (secondary N) is 1. The number of ether oxygens (including phenoxy) is 3. The predicted octanol–water partition coefficient (Wildman–Crippen LogP) is 2.55. The van der Waals surface area contributed by atoms with E-state index in [9.17, 15) is 9.59 Å². The molecule has 0 radical (unpaired) electrons. The van der Waals surface area contributed by atoms with Crippen molar-refractivity contribution in [3.63, 3.8) is 0 Å². The summed E-state index contributed by atoms with van der Waals surface area (Å²) >= 11 is 0. The van der Waals surface area contributed by atoms with Gasteiger partial charge in [0.05, 0.1) is 13.0 Å². The Morgan fingerprint density at radius 2 is 2.07 bits per heavy atom. The molecule has 30 heavy (non-hydrogen) atoms. The van der Waals surface area contributed by atoms with Gasteiger partial charge in [-0.05, 0) is 23.3 Å². The largest absolute Gasteiger partial charge is 0.432 e. The number of aromatic nitrogens is 3. The van der Waals surface area contributed by atoms with Gasteiger partial charge in [-0.15, -0.1) is 5.10 Å². The van der Waals surface area contributed by atoms with E-state index >= 15 is 0 Å². The number of methoxy groups -OCH3 is 1. The molecule has 1 atom stereocenters. The molecule has 156 valence electrons. The molecule has 1 aromatic carbocycles. The van der Waals surface area contributed by atoms with Gasteiger partial charge >= 0.3 is 5.97 Å². The van der Waals surface area contributed by atoms with Crippen molar-refractivity contribution < 1.29 is 23.8 Å². The fourth-order valence-corrected chi connectivity index (χ4v) is 3.37. The number of benzene rings is 1. The van der Waals surface area contributed by atoms with Gasteiger partial charge in [0, 0.05) is 32.7 Å². The van der Waals surface area contributed by atoms with Gasteiger partial charge in [0.1, 0.15) is 0 Å². The SMILES string of the molecule is COCc1ccccc1-c1ccc2nc(NC(=O)C[C@@H]3OC(C)(C)OC3=O)nn2c1. The number of rotatable bonds is 6. The Bertz CT molecular complexity index is 1110. The molecule has 2 aromatic heterocycles. The monoisotopic (exact) mass is 410 g/mol. The molecule has 1 fully saturated rings. The molecule has 9 nitrogen and oxygen atoms in total. The van der Waals surface area contributed by atoms with Crippen LogP contribution in [0.1, 0.15) is 25.8 Å².